The first-order chi connectivity index (χ1) is 17.9. The van der Waals surface area contributed by atoms with Gasteiger partial charge in [0.05, 0.1) is 18.2 Å². The van der Waals surface area contributed by atoms with Crippen LogP contribution in [0.1, 0.15) is 42.7 Å². The second-order valence-electron chi connectivity index (χ2n) is 9.22. The van der Waals surface area contributed by atoms with Gasteiger partial charge in [0.2, 0.25) is 0 Å². The predicted molar refractivity (Wildman–Crippen MR) is 139 cm³/mol. The van der Waals surface area contributed by atoms with Gasteiger partial charge in [-0.25, -0.2) is 4.79 Å². The fourth-order valence-corrected chi connectivity index (χ4v) is 4.49. The number of nitrogens with zero attached hydrogens (tertiary/aromatic N) is 3. The average molecular weight is 497 g/mol. The highest BCUT2D eigenvalue weighted by Gasteiger charge is 2.52. The number of aromatic nitrogens is 3. The molecule has 0 saturated heterocycles. The van der Waals surface area contributed by atoms with Gasteiger partial charge in [0.1, 0.15) is 11.8 Å². The maximum Gasteiger partial charge on any atom is 0.413 e. The van der Waals surface area contributed by atoms with Crippen molar-refractivity contribution in [2.75, 3.05) is 12.4 Å². The Labute approximate surface area is 215 Å². The van der Waals surface area contributed by atoms with E-state index in [0.29, 0.717) is 11.5 Å². The van der Waals surface area contributed by atoms with E-state index in [4.69, 9.17) is 9.47 Å². The normalized spacial score (nSPS) is 14.5. The van der Waals surface area contributed by atoms with Gasteiger partial charge in [-0.15, -0.1) is 5.10 Å². The Balaban J connectivity index is 1.35. The van der Waals surface area contributed by atoms with Crippen LogP contribution in [0.25, 0.3) is 16.8 Å². The second kappa shape index (κ2) is 9.89. The lowest BCUT2D eigenvalue weighted by atomic mass is 9.93. The van der Waals surface area contributed by atoms with Crippen LogP contribution < -0.4 is 5.32 Å². The predicted octanol–water partition coefficient (Wildman–Crippen LogP) is 5.76. The molecule has 1 amide bonds. The van der Waals surface area contributed by atoms with Crippen molar-refractivity contribution in [1.29, 1.82) is 0 Å². The summed E-state index contributed by atoms with van der Waals surface area (Å²) in [6.45, 7) is 3.60. The maximum absolute atomic E-state index is 12.7. The number of hydrogen-bond acceptors (Lipinski definition) is 6. The fraction of sp³-hybridized carbons (Fsp3) is 0.241. The van der Waals surface area contributed by atoms with E-state index in [1.54, 1.807) is 11.6 Å². The van der Waals surface area contributed by atoms with Crippen LogP contribution in [0.3, 0.4) is 0 Å². The minimum absolute atomic E-state index is 0.180. The lowest BCUT2D eigenvalue weighted by Gasteiger charge is -2.15. The molecule has 1 atom stereocenters. The van der Waals surface area contributed by atoms with Crippen molar-refractivity contribution in [3.63, 3.8) is 0 Å². The van der Waals surface area contributed by atoms with E-state index in [1.165, 1.54) is 7.11 Å². The van der Waals surface area contributed by atoms with Gasteiger partial charge in [-0.05, 0) is 61.1 Å². The SMILES string of the molecule is COC(=O)C1(c2ccc(-c3cccc(-n4nnc(C)c4NC(=O)O[C@H](C)c4ccccc4)c3)cc2)CC1. The molecule has 0 aliphatic heterocycles. The number of ether oxygens (including phenoxy) is 2. The van der Waals surface area contributed by atoms with Crippen LogP contribution in [0.4, 0.5) is 10.6 Å². The Kier molecular flexibility index (Phi) is 6.48. The Bertz CT molecular complexity index is 1430. The second-order valence-corrected chi connectivity index (χ2v) is 9.22. The fourth-order valence-electron chi connectivity index (χ4n) is 4.49. The molecule has 3 aromatic carbocycles. The molecule has 1 N–H and O–H groups in total. The number of methoxy groups -OCH3 is 1. The third-order valence-corrected chi connectivity index (χ3v) is 6.80. The summed E-state index contributed by atoms with van der Waals surface area (Å²) in [5.74, 6) is 0.257. The Morgan fingerprint density at radius 3 is 2.38 bits per heavy atom. The minimum atomic E-state index is -0.589. The number of carbonyl (C=O) groups excluding carboxylic acids is 2. The number of nitrogens with one attached hydrogen (secondary N) is 1. The van der Waals surface area contributed by atoms with Gasteiger partial charge in [0.25, 0.3) is 0 Å². The number of hydrogen-bond donors (Lipinski definition) is 1. The van der Waals surface area contributed by atoms with E-state index >= 15 is 0 Å². The molecule has 0 radical (unpaired) electrons. The molecule has 1 heterocycles. The standard InChI is InChI=1S/C29H28N4O4/c1-19-26(30-28(35)37-20(2)21-8-5-4-6-9-21)33(32-31-19)25-11-7-10-23(18-25)22-12-14-24(15-13-22)29(16-17-29)27(34)36-3/h4-15,18,20H,16-17H2,1-3H3,(H,30,35)/t20-/m1/s1. The topological polar surface area (TPSA) is 95.3 Å². The molecular formula is C29H28N4O4. The van der Waals surface area contributed by atoms with Crippen molar-refractivity contribution in [2.24, 2.45) is 0 Å². The van der Waals surface area contributed by atoms with E-state index in [0.717, 1.165) is 40.8 Å². The highest BCUT2D eigenvalue weighted by molar-refractivity contribution is 5.87. The smallest absolute Gasteiger partial charge is 0.413 e. The van der Waals surface area contributed by atoms with E-state index in [9.17, 15) is 9.59 Å². The summed E-state index contributed by atoms with van der Waals surface area (Å²) in [5.41, 5.74) is 4.64. The quantitative estimate of drug-likeness (QED) is 0.327. The van der Waals surface area contributed by atoms with Crippen LogP contribution in [-0.2, 0) is 19.7 Å². The Morgan fingerprint density at radius 1 is 0.973 bits per heavy atom. The van der Waals surface area contributed by atoms with Gasteiger partial charge in [0.15, 0.2) is 5.82 Å². The number of esters is 1. The molecule has 8 nitrogen and oxygen atoms in total. The van der Waals surface area contributed by atoms with E-state index in [1.807, 2.05) is 85.8 Å². The third kappa shape index (κ3) is 4.82. The van der Waals surface area contributed by atoms with Gasteiger partial charge in [-0.1, -0.05) is 71.9 Å². The highest BCUT2D eigenvalue weighted by atomic mass is 16.6. The molecule has 1 aliphatic carbocycles. The number of rotatable bonds is 7. The van der Waals surface area contributed by atoms with Crippen molar-refractivity contribution in [3.8, 4) is 16.8 Å². The van der Waals surface area contributed by atoms with Gasteiger partial charge < -0.3 is 9.47 Å². The van der Waals surface area contributed by atoms with Gasteiger partial charge in [0, 0.05) is 0 Å². The van der Waals surface area contributed by atoms with Crippen LogP contribution in [-0.4, -0.2) is 34.2 Å². The van der Waals surface area contributed by atoms with E-state index < -0.39 is 17.6 Å². The molecule has 37 heavy (non-hydrogen) atoms. The molecule has 8 heteroatoms. The van der Waals surface area contributed by atoms with E-state index in [-0.39, 0.29) is 5.97 Å². The number of anilines is 1. The monoisotopic (exact) mass is 496 g/mol. The molecule has 1 aromatic heterocycles. The Morgan fingerprint density at radius 2 is 1.70 bits per heavy atom. The lowest BCUT2D eigenvalue weighted by molar-refractivity contribution is -0.143. The molecule has 0 unspecified atom stereocenters. The highest BCUT2D eigenvalue weighted by Crippen LogP contribution is 2.49. The summed E-state index contributed by atoms with van der Waals surface area (Å²) in [5, 5.41) is 11.2. The molecular weight excluding hydrogens is 468 g/mol. The van der Waals surface area contributed by atoms with Gasteiger partial charge in [-0.2, -0.15) is 4.68 Å². The van der Waals surface area contributed by atoms with Crippen LogP contribution >= 0.6 is 0 Å². The zero-order valence-corrected chi connectivity index (χ0v) is 21.0. The minimum Gasteiger partial charge on any atom is -0.468 e. The summed E-state index contributed by atoms with van der Waals surface area (Å²) < 4.78 is 12.1. The summed E-state index contributed by atoms with van der Waals surface area (Å²) in [6, 6.07) is 25.3. The van der Waals surface area contributed by atoms with Crippen molar-refractivity contribution < 1.29 is 19.1 Å². The third-order valence-electron chi connectivity index (χ3n) is 6.80. The van der Waals surface area contributed by atoms with Gasteiger partial charge >= 0.3 is 12.1 Å². The molecule has 4 aromatic rings. The average Bonchev–Trinajstić information content (AvgIpc) is 3.67. The van der Waals surface area contributed by atoms with Crippen LogP contribution in [0.15, 0.2) is 78.9 Å². The number of amides is 1. The zero-order valence-electron chi connectivity index (χ0n) is 21.0. The van der Waals surface area contributed by atoms with Crippen molar-refractivity contribution in [2.45, 2.75) is 38.2 Å². The van der Waals surface area contributed by atoms with Gasteiger partial charge in [-0.3, -0.25) is 10.1 Å². The summed E-state index contributed by atoms with van der Waals surface area (Å²) in [4.78, 5) is 24.9. The van der Waals surface area contributed by atoms with Crippen molar-refractivity contribution >= 4 is 17.9 Å². The summed E-state index contributed by atoms with van der Waals surface area (Å²) in [6.07, 6.45) is 0.616. The molecule has 0 spiro atoms. The maximum atomic E-state index is 12.7. The first kappa shape index (κ1) is 24.2. The van der Waals surface area contributed by atoms with Crippen LogP contribution in [0, 0.1) is 6.92 Å². The Hall–Kier alpha value is -4.46. The molecule has 0 bridgehead atoms. The molecule has 1 aliphatic rings. The summed E-state index contributed by atoms with van der Waals surface area (Å²) in [7, 11) is 1.43. The first-order valence-electron chi connectivity index (χ1n) is 12.2. The summed E-state index contributed by atoms with van der Waals surface area (Å²) >= 11 is 0. The van der Waals surface area contributed by atoms with Crippen LogP contribution in [0.2, 0.25) is 0 Å². The largest absolute Gasteiger partial charge is 0.468 e. The number of benzene rings is 3. The van der Waals surface area contributed by atoms with E-state index in [2.05, 4.69) is 15.6 Å². The number of aryl methyl sites for hydroxylation is 1. The molecule has 188 valence electrons. The van der Waals surface area contributed by atoms with Crippen molar-refractivity contribution in [1.82, 2.24) is 15.0 Å². The molecule has 5 rings (SSSR count). The molecule has 1 fully saturated rings. The first-order valence-corrected chi connectivity index (χ1v) is 12.2. The van der Waals surface area contributed by atoms with Crippen molar-refractivity contribution in [3.05, 3.63) is 95.7 Å². The zero-order chi connectivity index (χ0) is 26.0. The lowest BCUT2D eigenvalue weighted by Crippen LogP contribution is -2.21. The number of carbonyl (C=O) groups is 2. The van der Waals surface area contributed by atoms with Crippen LogP contribution in [0.5, 0.6) is 0 Å². The molecule has 1 saturated carbocycles.